The molecule has 0 unspecified atom stereocenters. The van der Waals surface area contributed by atoms with Gasteiger partial charge in [-0.05, 0) is 30.7 Å². The molecule has 190 valence electrons. The Bertz CT molecular complexity index is 1350. The predicted octanol–water partition coefficient (Wildman–Crippen LogP) is 4.28. The van der Waals surface area contributed by atoms with Crippen molar-refractivity contribution in [3.8, 4) is 12.1 Å². The van der Waals surface area contributed by atoms with Crippen LogP contribution in [0.2, 0.25) is 0 Å². The smallest absolute Gasteiger partial charge is 0.262 e. The summed E-state index contributed by atoms with van der Waals surface area (Å²) in [5.74, 6) is -1.45. The van der Waals surface area contributed by atoms with Crippen LogP contribution in [0.5, 0.6) is 0 Å². The van der Waals surface area contributed by atoms with Crippen molar-refractivity contribution in [1.82, 2.24) is 4.90 Å². The van der Waals surface area contributed by atoms with Gasteiger partial charge in [-0.15, -0.1) is 10.2 Å². The molecule has 3 rings (SSSR count). The second-order valence-corrected chi connectivity index (χ2v) is 8.41. The van der Waals surface area contributed by atoms with E-state index in [-0.39, 0.29) is 46.1 Å². The number of nitrogens with zero attached hydrogens (tertiary/aromatic N) is 6. The summed E-state index contributed by atoms with van der Waals surface area (Å²) in [6, 6.07) is 10.3. The van der Waals surface area contributed by atoms with Crippen LogP contribution in [-0.4, -0.2) is 56.5 Å². The molecule has 0 saturated carbocycles. The monoisotopic (exact) mass is 501 g/mol. The first-order chi connectivity index (χ1) is 17.8. The molecule has 0 bridgehead atoms. The van der Waals surface area contributed by atoms with Gasteiger partial charge in [0, 0.05) is 39.9 Å². The van der Waals surface area contributed by atoms with Gasteiger partial charge < -0.3 is 15.0 Å². The van der Waals surface area contributed by atoms with Gasteiger partial charge >= 0.3 is 0 Å². The van der Waals surface area contributed by atoms with E-state index in [2.05, 4.69) is 15.5 Å². The van der Waals surface area contributed by atoms with Crippen LogP contribution in [0, 0.1) is 22.7 Å². The lowest BCUT2D eigenvalue weighted by Crippen LogP contribution is -2.30. The van der Waals surface area contributed by atoms with E-state index in [1.165, 1.54) is 13.0 Å². The van der Waals surface area contributed by atoms with Crippen LogP contribution in [0.15, 0.2) is 34.5 Å². The summed E-state index contributed by atoms with van der Waals surface area (Å²) in [4.78, 5) is 40.7. The zero-order valence-electron chi connectivity index (χ0n) is 21.2. The molecule has 1 aliphatic rings. The van der Waals surface area contributed by atoms with Gasteiger partial charge in [0.1, 0.15) is 23.5 Å². The van der Waals surface area contributed by atoms with Gasteiger partial charge in [-0.3, -0.25) is 19.3 Å². The number of azo groups is 1. The van der Waals surface area contributed by atoms with E-state index in [0.717, 1.165) is 17.0 Å². The number of hydrogen-bond donors (Lipinski definition) is 1. The second-order valence-electron chi connectivity index (χ2n) is 8.41. The fourth-order valence-corrected chi connectivity index (χ4v) is 3.85. The largest absolute Gasteiger partial charge is 0.383 e. The van der Waals surface area contributed by atoms with Crippen LogP contribution in [0.25, 0.3) is 0 Å². The highest BCUT2D eigenvalue weighted by molar-refractivity contribution is 6.23. The maximum atomic E-state index is 13.0. The van der Waals surface area contributed by atoms with Crippen molar-refractivity contribution < 1.29 is 19.1 Å². The van der Waals surface area contributed by atoms with Crippen molar-refractivity contribution in [2.45, 2.75) is 26.7 Å². The van der Waals surface area contributed by atoms with E-state index in [1.807, 2.05) is 31.0 Å². The molecule has 1 aliphatic heterocycles. The molecule has 11 nitrogen and oxygen atoms in total. The summed E-state index contributed by atoms with van der Waals surface area (Å²) < 4.78 is 5.11. The first-order valence-corrected chi connectivity index (χ1v) is 11.7. The number of benzene rings is 2. The maximum absolute atomic E-state index is 13.0. The summed E-state index contributed by atoms with van der Waals surface area (Å²) in [5, 5.41) is 30.7. The zero-order chi connectivity index (χ0) is 27.1. The standard InChI is InChI=1S/C26H27N7O4/c1-5-6-9-33-25(35)19-12-17(14-27)24(20(15-28)23(19)26(33)36)31-30-21-8-7-18(32(3)10-11-37-4)13-22(21)29-16(2)34/h7-8,12-13H,5-6,9-11H2,1-4H3,(H,29,34). The molecule has 3 amide bonds. The molecule has 1 N–H and O–H groups in total. The Balaban J connectivity index is 2.08. The summed E-state index contributed by atoms with van der Waals surface area (Å²) in [6.45, 7) is 4.64. The predicted molar refractivity (Wildman–Crippen MR) is 136 cm³/mol. The Hall–Kier alpha value is -4.61. The fraction of sp³-hybridized carbons (Fsp3) is 0.346. The van der Waals surface area contributed by atoms with E-state index in [1.54, 1.807) is 25.3 Å². The average molecular weight is 502 g/mol. The number of likely N-dealkylation sites (N-methyl/N-ethyl adjacent to an activating group) is 1. The number of anilines is 2. The van der Waals surface area contributed by atoms with Crippen LogP contribution in [0.3, 0.4) is 0 Å². The quantitative estimate of drug-likeness (QED) is 0.377. The average Bonchev–Trinajstić information content (AvgIpc) is 3.12. The molecule has 11 heteroatoms. The zero-order valence-corrected chi connectivity index (χ0v) is 21.2. The Morgan fingerprint density at radius 2 is 1.92 bits per heavy atom. The lowest BCUT2D eigenvalue weighted by atomic mass is 9.97. The van der Waals surface area contributed by atoms with E-state index in [0.29, 0.717) is 25.3 Å². The number of ether oxygens (including phenoxy) is 1. The highest BCUT2D eigenvalue weighted by Crippen LogP contribution is 2.37. The minimum atomic E-state index is -0.590. The van der Waals surface area contributed by atoms with Gasteiger partial charge in [0.05, 0.1) is 34.5 Å². The van der Waals surface area contributed by atoms with Crippen molar-refractivity contribution in [3.05, 3.63) is 46.5 Å². The summed E-state index contributed by atoms with van der Waals surface area (Å²) in [5.41, 5.74) is 1.01. The third-order valence-electron chi connectivity index (χ3n) is 5.82. The van der Waals surface area contributed by atoms with Gasteiger partial charge in [0.25, 0.3) is 11.8 Å². The van der Waals surface area contributed by atoms with E-state index in [9.17, 15) is 24.9 Å². The summed E-state index contributed by atoms with van der Waals surface area (Å²) in [7, 11) is 3.48. The Morgan fingerprint density at radius 1 is 1.16 bits per heavy atom. The molecule has 0 aliphatic carbocycles. The van der Waals surface area contributed by atoms with Gasteiger partial charge in [-0.2, -0.15) is 10.5 Å². The van der Waals surface area contributed by atoms with Crippen molar-refractivity contribution in [3.63, 3.8) is 0 Å². The minimum Gasteiger partial charge on any atom is -0.383 e. The molecule has 2 aromatic carbocycles. The third kappa shape index (κ3) is 5.63. The molecule has 1 heterocycles. The summed E-state index contributed by atoms with van der Waals surface area (Å²) in [6.07, 6.45) is 1.40. The van der Waals surface area contributed by atoms with Gasteiger partial charge in [0.2, 0.25) is 5.91 Å². The number of imide groups is 1. The fourth-order valence-electron chi connectivity index (χ4n) is 3.85. The molecular formula is C26H27N7O4. The number of rotatable bonds is 10. The number of fused-ring (bicyclic) bond motifs is 1. The van der Waals surface area contributed by atoms with Crippen LogP contribution in [0.4, 0.5) is 22.7 Å². The van der Waals surface area contributed by atoms with Gasteiger partial charge in [-0.25, -0.2) is 0 Å². The second kappa shape index (κ2) is 11.9. The topological polar surface area (TPSA) is 151 Å². The lowest BCUT2D eigenvalue weighted by molar-refractivity contribution is -0.114. The Morgan fingerprint density at radius 3 is 2.54 bits per heavy atom. The highest BCUT2D eigenvalue weighted by Gasteiger charge is 2.39. The minimum absolute atomic E-state index is 0.00976. The SMILES string of the molecule is CCCCN1C(=O)c2cc(C#N)c(N=Nc3ccc(N(C)CCOC)cc3NC(C)=O)c(C#N)c2C1=O. The normalized spacial score (nSPS) is 12.4. The number of nitrogens with one attached hydrogen (secondary N) is 1. The first kappa shape index (κ1) is 27.0. The molecule has 0 fully saturated rings. The number of methoxy groups -OCH3 is 1. The number of amides is 3. The van der Waals surface area contributed by atoms with Crippen molar-refractivity contribution >= 4 is 40.5 Å². The molecule has 0 aromatic heterocycles. The van der Waals surface area contributed by atoms with Crippen molar-refractivity contribution in [1.29, 1.82) is 10.5 Å². The molecular weight excluding hydrogens is 474 g/mol. The molecule has 0 spiro atoms. The molecule has 2 aromatic rings. The molecule has 0 saturated heterocycles. The van der Waals surface area contributed by atoms with Gasteiger partial charge in [-0.1, -0.05) is 13.3 Å². The van der Waals surface area contributed by atoms with Crippen molar-refractivity contribution in [2.24, 2.45) is 10.2 Å². The van der Waals surface area contributed by atoms with Gasteiger partial charge in [0.15, 0.2) is 0 Å². The summed E-state index contributed by atoms with van der Waals surface area (Å²) >= 11 is 0. The number of hydrogen-bond acceptors (Lipinski definition) is 9. The first-order valence-electron chi connectivity index (χ1n) is 11.7. The number of unbranched alkanes of at least 4 members (excludes halogenated alkanes) is 1. The number of nitriles is 2. The van der Waals surface area contributed by atoms with E-state index >= 15 is 0 Å². The van der Waals surface area contributed by atoms with E-state index in [4.69, 9.17) is 4.74 Å². The Kier molecular flexibility index (Phi) is 8.67. The van der Waals surface area contributed by atoms with Crippen LogP contribution < -0.4 is 10.2 Å². The number of carbonyl (C=O) groups is 3. The maximum Gasteiger partial charge on any atom is 0.262 e. The van der Waals surface area contributed by atoms with Crippen molar-refractivity contribution in [2.75, 3.05) is 44.1 Å². The number of carbonyl (C=O) groups excluding carboxylic acids is 3. The van der Waals surface area contributed by atoms with Crippen LogP contribution in [-0.2, 0) is 9.53 Å². The third-order valence-corrected chi connectivity index (χ3v) is 5.82. The van der Waals surface area contributed by atoms with Crippen LogP contribution >= 0.6 is 0 Å². The van der Waals surface area contributed by atoms with Crippen LogP contribution in [0.1, 0.15) is 58.5 Å². The molecule has 37 heavy (non-hydrogen) atoms. The molecule has 0 atom stereocenters. The Labute approximate surface area is 214 Å². The molecule has 0 radical (unpaired) electrons. The lowest BCUT2D eigenvalue weighted by Gasteiger charge is -2.20. The highest BCUT2D eigenvalue weighted by atomic mass is 16.5. The van der Waals surface area contributed by atoms with E-state index < -0.39 is 11.8 Å².